The number of aryl methyl sites for hydroxylation is 1. The molecule has 7 heteroatoms. The second-order valence-corrected chi connectivity index (χ2v) is 5.85. The molecule has 0 aliphatic heterocycles. The topological polar surface area (TPSA) is 44.1 Å². The average molecular weight is 362 g/mol. The molecule has 2 aromatic rings. The van der Waals surface area contributed by atoms with E-state index in [0.717, 1.165) is 0 Å². The van der Waals surface area contributed by atoms with Gasteiger partial charge in [0.25, 0.3) is 0 Å². The molecule has 4 nitrogen and oxygen atoms in total. The third-order valence-corrected chi connectivity index (χ3v) is 4.10. The van der Waals surface area contributed by atoms with Gasteiger partial charge in [0, 0.05) is 5.02 Å². The van der Waals surface area contributed by atoms with Crippen LogP contribution in [0.2, 0.25) is 15.1 Å². The van der Waals surface area contributed by atoms with E-state index in [1.807, 2.05) is 13.8 Å². The van der Waals surface area contributed by atoms with Crippen LogP contribution in [0.25, 0.3) is 5.69 Å². The van der Waals surface area contributed by atoms with Crippen LogP contribution in [0.5, 0.6) is 0 Å². The lowest BCUT2D eigenvalue weighted by Gasteiger charge is -2.11. The Balaban J connectivity index is 2.77. The molecule has 2 rings (SSSR count). The van der Waals surface area contributed by atoms with Gasteiger partial charge in [-0.3, -0.25) is 0 Å². The number of nitrogens with zero attached hydrogens (tertiary/aromatic N) is 2. The van der Waals surface area contributed by atoms with Crippen molar-refractivity contribution >= 4 is 40.8 Å². The molecule has 0 bridgehead atoms. The number of rotatable bonds is 4. The van der Waals surface area contributed by atoms with E-state index in [9.17, 15) is 4.79 Å². The number of methoxy groups -OCH3 is 1. The summed E-state index contributed by atoms with van der Waals surface area (Å²) < 4.78 is 6.47. The van der Waals surface area contributed by atoms with Gasteiger partial charge in [-0.05, 0) is 25.0 Å². The lowest BCUT2D eigenvalue weighted by molar-refractivity contribution is 0.0598. The molecule has 0 aliphatic rings. The maximum absolute atomic E-state index is 12.1. The maximum Gasteiger partial charge on any atom is 0.341 e. The van der Waals surface area contributed by atoms with Crippen LogP contribution in [-0.4, -0.2) is 22.9 Å². The molecule has 0 saturated heterocycles. The molecular weight excluding hydrogens is 347 g/mol. The van der Waals surface area contributed by atoms with Gasteiger partial charge in [-0.25, -0.2) is 9.48 Å². The predicted octanol–water partition coefficient (Wildman–Crippen LogP) is 4.74. The van der Waals surface area contributed by atoms with Crippen LogP contribution in [0.15, 0.2) is 12.1 Å². The van der Waals surface area contributed by atoms with Gasteiger partial charge in [0.2, 0.25) is 0 Å². The SMILES string of the molecule is CCc1nn(-c2c(Cl)cc(Cl)cc2Cl)c(CC)c1C(=O)OC. The molecule has 22 heavy (non-hydrogen) atoms. The molecule has 0 spiro atoms. The summed E-state index contributed by atoms with van der Waals surface area (Å²) in [4.78, 5) is 12.1. The van der Waals surface area contributed by atoms with E-state index in [2.05, 4.69) is 5.10 Å². The van der Waals surface area contributed by atoms with Crippen LogP contribution < -0.4 is 0 Å². The Morgan fingerprint density at radius 1 is 1.18 bits per heavy atom. The molecule has 0 atom stereocenters. The summed E-state index contributed by atoms with van der Waals surface area (Å²) >= 11 is 18.5. The van der Waals surface area contributed by atoms with E-state index in [1.165, 1.54) is 7.11 Å². The lowest BCUT2D eigenvalue weighted by atomic mass is 10.1. The van der Waals surface area contributed by atoms with Crippen molar-refractivity contribution < 1.29 is 9.53 Å². The van der Waals surface area contributed by atoms with Gasteiger partial charge in [0.05, 0.1) is 28.5 Å². The Morgan fingerprint density at radius 2 is 1.77 bits per heavy atom. The van der Waals surface area contributed by atoms with Gasteiger partial charge in [-0.2, -0.15) is 5.10 Å². The van der Waals surface area contributed by atoms with Crippen LogP contribution >= 0.6 is 34.8 Å². The van der Waals surface area contributed by atoms with E-state index in [1.54, 1.807) is 16.8 Å². The Labute approximate surface area is 143 Å². The van der Waals surface area contributed by atoms with Crippen molar-refractivity contribution in [2.24, 2.45) is 0 Å². The number of halogens is 3. The van der Waals surface area contributed by atoms with Gasteiger partial charge in [0.15, 0.2) is 0 Å². The highest BCUT2D eigenvalue weighted by molar-refractivity contribution is 6.40. The van der Waals surface area contributed by atoms with Crippen molar-refractivity contribution in [2.45, 2.75) is 26.7 Å². The molecule has 1 heterocycles. The fourth-order valence-corrected chi connectivity index (χ4v) is 3.31. The first-order valence-corrected chi connectivity index (χ1v) is 7.91. The van der Waals surface area contributed by atoms with Crippen LogP contribution in [0, 0.1) is 0 Å². The smallest absolute Gasteiger partial charge is 0.341 e. The minimum absolute atomic E-state index is 0.369. The summed E-state index contributed by atoms with van der Waals surface area (Å²) in [7, 11) is 1.35. The highest BCUT2D eigenvalue weighted by Gasteiger charge is 2.25. The van der Waals surface area contributed by atoms with Crippen molar-refractivity contribution in [1.29, 1.82) is 0 Å². The summed E-state index contributed by atoms with van der Waals surface area (Å²) in [6, 6.07) is 3.18. The van der Waals surface area contributed by atoms with Gasteiger partial charge in [0.1, 0.15) is 11.3 Å². The fraction of sp³-hybridized carbons (Fsp3) is 0.333. The molecular formula is C15H15Cl3N2O2. The van der Waals surface area contributed by atoms with E-state index >= 15 is 0 Å². The zero-order chi connectivity index (χ0) is 16.4. The zero-order valence-electron chi connectivity index (χ0n) is 12.4. The number of carbonyl (C=O) groups excluding carboxylic acids is 1. The third kappa shape index (κ3) is 2.96. The molecule has 118 valence electrons. The Hall–Kier alpha value is -1.23. The van der Waals surface area contributed by atoms with E-state index < -0.39 is 5.97 Å². The Kier molecular flexibility index (Phi) is 5.37. The number of hydrogen-bond acceptors (Lipinski definition) is 3. The van der Waals surface area contributed by atoms with E-state index in [0.29, 0.717) is 50.5 Å². The molecule has 0 amide bonds. The average Bonchev–Trinajstić information content (AvgIpc) is 2.83. The summed E-state index contributed by atoms with van der Waals surface area (Å²) in [6.07, 6.45) is 1.17. The standard InChI is InChI=1S/C15H15Cl3N2O2/c1-4-11-13(15(21)22-3)12(5-2)20(19-11)14-9(17)6-8(16)7-10(14)18/h6-7H,4-5H2,1-3H3. The van der Waals surface area contributed by atoms with Crippen LogP contribution in [0.4, 0.5) is 0 Å². The van der Waals surface area contributed by atoms with Gasteiger partial charge >= 0.3 is 5.97 Å². The second-order valence-electron chi connectivity index (χ2n) is 4.60. The molecule has 1 aromatic heterocycles. The van der Waals surface area contributed by atoms with Crippen molar-refractivity contribution in [3.63, 3.8) is 0 Å². The third-order valence-electron chi connectivity index (χ3n) is 3.31. The Bertz CT molecular complexity index is 703. The van der Waals surface area contributed by atoms with Crippen molar-refractivity contribution in [3.8, 4) is 5.69 Å². The van der Waals surface area contributed by atoms with Crippen molar-refractivity contribution in [2.75, 3.05) is 7.11 Å². The van der Waals surface area contributed by atoms with E-state index in [-0.39, 0.29) is 0 Å². The molecule has 0 aliphatic carbocycles. The number of benzene rings is 1. The summed E-state index contributed by atoms with van der Waals surface area (Å²) in [6.45, 7) is 3.85. The van der Waals surface area contributed by atoms with Crippen LogP contribution in [0.1, 0.15) is 35.6 Å². The minimum atomic E-state index is -0.416. The quantitative estimate of drug-likeness (QED) is 0.739. The highest BCUT2D eigenvalue weighted by Crippen LogP contribution is 2.34. The Morgan fingerprint density at radius 3 is 2.23 bits per heavy atom. The summed E-state index contributed by atoms with van der Waals surface area (Å²) in [5, 5.41) is 5.67. The number of hydrogen-bond donors (Lipinski definition) is 0. The number of aromatic nitrogens is 2. The molecule has 0 N–H and O–H groups in total. The number of ether oxygens (including phenoxy) is 1. The number of esters is 1. The highest BCUT2D eigenvalue weighted by atomic mass is 35.5. The molecule has 1 aromatic carbocycles. The van der Waals surface area contributed by atoms with Crippen LogP contribution in [0.3, 0.4) is 0 Å². The normalized spacial score (nSPS) is 10.8. The first-order valence-electron chi connectivity index (χ1n) is 6.78. The number of carbonyl (C=O) groups is 1. The predicted molar refractivity (Wildman–Crippen MR) is 88.7 cm³/mol. The van der Waals surface area contributed by atoms with Gasteiger partial charge in [-0.15, -0.1) is 0 Å². The summed E-state index contributed by atoms with van der Waals surface area (Å²) in [5.74, 6) is -0.416. The van der Waals surface area contributed by atoms with Gasteiger partial charge < -0.3 is 4.74 Å². The van der Waals surface area contributed by atoms with E-state index in [4.69, 9.17) is 39.5 Å². The fourth-order valence-electron chi connectivity index (χ4n) is 2.34. The first-order chi connectivity index (χ1) is 10.4. The molecule has 0 radical (unpaired) electrons. The molecule has 0 saturated carbocycles. The first kappa shape index (κ1) is 17.1. The zero-order valence-corrected chi connectivity index (χ0v) is 14.7. The molecule has 0 fully saturated rings. The van der Waals surface area contributed by atoms with Crippen LogP contribution in [-0.2, 0) is 17.6 Å². The second kappa shape index (κ2) is 6.90. The van der Waals surface area contributed by atoms with Gasteiger partial charge in [-0.1, -0.05) is 48.7 Å². The maximum atomic E-state index is 12.1. The summed E-state index contributed by atoms with van der Waals surface area (Å²) in [5.41, 5.74) is 2.32. The largest absolute Gasteiger partial charge is 0.465 e. The molecule has 0 unspecified atom stereocenters. The lowest BCUT2D eigenvalue weighted by Crippen LogP contribution is -2.08. The monoisotopic (exact) mass is 360 g/mol. The van der Waals surface area contributed by atoms with Crippen molar-refractivity contribution in [3.05, 3.63) is 44.2 Å². The van der Waals surface area contributed by atoms with Crippen molar-refractivity contribution in [1.82, 2.24) is 9.78 Å². The minimum Gasteiger partial charge on any atom is -0.465 e.